The van der Waals surface area contributed by atoms with E-state index in [0.717, 1.165) is 31.5 Å². The number of hydrazine groups is 1. The molecule has 0 aliphatic carbocycles. The molecule has 0 spiro atoms. The molecule has 0 aliphatic rings. The van der Waals surface area contributed by atoms with Crippen molar-refractivity contribution in [3.8, 4) is 0 Å². The summed E-state index contributed by atoms with van der Waals surface area (Å²) in [5.74, 6) is 6.18. The highest BCUT2D eigenvalue weighted by Gasteiger charge is 2.05. The first kappa shape index (κ1) is 13.4. The Hall–Kier alpha value is -1.62. The molecule has 0 radical (unpaired) electrons. The van der Waals surface area contributed by atoms with E-state index in [9.17, 15) is 0 Å². The molecule has 17 heavy (non-hydrogen) atoms. The number of hydrogen-bond acceptors (Lipinski definition) is 3. The molecule has 0 saturated carbocycles. The summed E-state index contributed by atoms with van der Waals surface area (Å²) in [5.41, 5.74) is 3.77. The van der Waals surface area contributed by atoms with Crippen LogP contribution in [0.1, 0.15) is 25.3 Å². The Labute approximate surface area is 103 Å². The molecule has 1 rings (SSSR count). The highest BCUT2D eigenvalue weighted by molar-refractivity contribution is 5.79. The van der Waals surface area contributed by atoms with Crippen LogP contribution in [0.3, 0.4) is 0 Å². The van der Waals surface area contributed by atoms with Gasteiger partial charge in [0.05, 0.1) is 0 Å². The van der Waals surface area contributed by atoms with Gasteiger partial charge in [-0.2, -0.15) is 0 Å². The summed E-state index contributed by atoms with van der Waals surface area (Å²) >= 11 is 0. The molecule has 5 heteroatoms. The number of nitrogens with one attached hydrogen (secondary N) is 1. The summed E-state index contributed by atoms with van der Waals surface area (Å²) in [6.07, 6.45) is 5.82. The molecular weight excluding hydrogens is 214 g/mol. The number of nitrogens with zero attached hydrogens (tertiary/aromatic N) is 3. The second-order valence-corrected chi connectivity index (χ2v) is 3.92. The lowest BCUT2D eigenvalue weighted by molar-refractivity contribution is 0.475. The van der Waals surface area contributed by atoms with E-state index in [0.29, 0.717) is 5.96 Å². The standard InChI is InChI=1S/C12H21N5/c1-3-4-8-15-12(16-13)17(2)10-11-6-5-7-14-9-11/h5-7,9H,3-4,8,10,13H2,1-2H3,(H,15,16). The second-order valence-electron chi connectivity index (χ2n) is 3.92. The Morgan fingerprint density at radius 3 is 3.00 bits per heavy atom. The van der Waals surface area contributed by atoms with Crippen LogP contribution in [0.25, 0.3) is 0 Å². The molecule has 3 N–H and O–H groups in total. The number of unbranched alkanes of at least 4 members (excludes halogenated alkanes) is 1. The fourth-order valence-electron chi connectivity index (χ4n) is 1.46. The fraction of sp³-hybridized carbons (Fsp3) is 0.500. The fourth-order valence-corrected chi connectivity index (χ4v) is 1.46. The van der Waals surface area contributed by atoms with E-state index in [1.54, 1.807) is 6.20 Å². The molecule has 0 amide bonds. The van der Waals surface area contributed by atoms with Crippen molar-refractivity contribution in [2.75, 3.05) is 13.6 Å². The van der Waals surface area contributed by atoms with Crippen LogP contribution in [-0.2, 0) is 6.54 Å². The van der Waals surface area contributed by atoms with Gasteiger partial charge in [0, 0.05) is 32.5 Å². The maximum atomic E-state index is 5.47. The predicted molar refractivity (Wildman–Crippen MR) is 70.2 cm³/mol. The van der Waals surface area contributed by atoms with Crippen LogP contribution in [0.4, 0.5) is 0 Å². The van der Waals surface area contributed by atoms with Crippen LogP contribution in [0.2, 0.25) is 0 Å². The number of aromatic nitrogens is 1. The maximum Gasteiger partial charge on any atom is 0.208 e. The highest BCUT2D eigenvalue weighted by Crippen LogP contribution is 2.01. The molecule has 0 atom stereocenters. The van der Waals surface area contributed by atoms with Crippen LogP contribution in [-0.4, -0.2) is 29.4 Å². The van der Waals surface area contributed by atoms with Gasteiger partial charge in [0.2, 0.25) is 5.96 Å². The van der Waals surface area contributed by atoms with E-state index in [1.165, 1.54) is 0 Å². The van der Waals surface area contributed by atoms with E-state index in [4.69, 9.17) is 5.84 Å². The van der Waals surface area contributed by atoms with Crippen molar-refractivity contribution in [3.63, 3.8) is 0 Å². The number of pyridine rings is 1. The van der Waals surface area contributed by atoms with Crippen LogP contribution in [0.15, 0.2) is 29.5 Å². The summed E-state index contributed by atoms with van der Waals surface area (Å²) in [5, 5.41) is 0. The monoisotopic (exact) mass is 235 g/mol. The van der Waals surface area contributed by atoms with Crippen LogP contribution >= 0.6 is 0 Å². The molecule has 5 nitrogen and oxygen atoms in total. The SMILES string of the molecule is CCCCN=C(NN)N(C)Cc1cccnc1. The average molecular weight is 235 g/mol. The van der Waals surface area contributed by atoms with Crippen molar-refractivity contribution in [2.45, 2.75) is 26.3 Å². The minimum atomic E-state index is 0.710. The molecule has 0 unspecified atom stereocenters. The minimum Gasteiger partial charge on any atom is -0.341 e. The van der Waals surface area contributed by atoms with Crippen LogP contribution in [0, 0.1) is 0 Å². The first-order valence-electron chi connectivity index (χ1n) is 5.89. The third-order valence-electron chi connectivity index (χ3n) is 2.41. The van der Waals surface area contributed by atoms with Gasteiger partial charge in [-0.05, 0) is 18.1 Å². The largest absolute Gasteiger partial charge is 0.341 e. The molecule has 1 aromatic heterocycles. The van der Waals surface area contributed by atoms with Crippen molar-refractivity contribution >= 4 is 5.96 Å². The van der Waals surface area contributed by atoms with Crippen molar-refractivity contribution in [1.29, 1.82) is 0 Å². The van der Waals surface area contributed by atoms with Crippen molar-refractivity contribution in [1.82, 2.24) is 15.3 Å². The zero-order chi connectivity index (χ0) is 12.5. The van der Waals surface area contributed by atoms with Crippen molar-refractivity contribution < 1.29 is 0 Å². The van der Waals surface area contributed by atoms with Gasteiger partial charge in [0.25, 0.3) is 0 Å². The smallest absolute Gasteiger partial charge is 0.208 e. The third kappa shape index (κ3) is 4.82. The van der Waals surface area contributed by atoms with Gasteiger partial charge >= 0.3 is 0 Å². The second kappa shape index (κ2) is 7.62. The highest BCUT2D eigenvalue weighted by atomic mass is 15.4. The first-order valence-corrected chi connectivity index (χ1v) is 5.89. The van der Waals surface area contributed by atoms with E-state index >= 15 is 0 Å². The normalized spacial score (nSPS) is 11.4. The van der Waals surface area contributed by atoms with E-state index in [2.05, 4.69) is 22.3 Å². The molecule has 1 heterocycles. The van der Waals surface area contributed by atoms with Crippen molar-refractivity contribution in [2.24, 2.45) is 10.8 Å². The van der Waals surface area contributed by atoms with E-state index < -0.39 is 0 Å². The van der Waals surface area contributed by atoms with Gasteiger partial charge in [-0.25, -0.2) is 5.84 Å². The van der Waals surface area contributed by atoms with E-state index in [1.807, 2.05) is 30.3 Å². The topological polar surface area (TPSA) is 66.5 Å². The summed E-state index contributed by atoms with van der Waals surface area (Å²) in [6, 6.07) is 3.95. The van der Waals surface area contributed by atoms with Gasteiger partial charge in [0.15, 0.2) is 0 Å². The van der Waals surface area contributed by atoms with E-state index in [-0.39, 0.29) is 0 Å². The molecule has 1 aromatic rings. The number of rotatable bonds is 5. The van der Waals surface area contributed by atoms with Gasteiger partial charge in [0.1, 0.15) is 0 Å². The number of hydrogen-bond donors (Lipinski definition) is 2. The van der Waals surface area contributed by atoms with Gasteiger partial charge < -0.3 is 4.90 Å². The van der Waals surface area contributed by atoms with Crippen LogP contribution in [0.5, 0.6) is 0 Å². The third-order valence-corrected chi connectivity index (χ3v) is 2.41. The first-order chi connectivity index (χ1) is 8.27. The Balaban J connectivity index is 2.54. The average Bonchev–Trinajstić information content (AvgIpc) is 2.36. The minimum absolute atomic E-state index is 0.710. The van der Waals surface area contributed by atoms with Crippen LogP contribution < -0.4 is 11.3 Å². The Morgan fingerprint density at radius 2 is 2.41 bits per heavy atom. The molecular formula is C12H21N5. The molecule has 94 valence electrons. The van der Waals surface area contributed by atoms with Gasteiger partial charge in [-0.1, -0.05) is 19.4 Å². The lowest BCUT2D eigenvalue weighted by Gasteiger charge is -2.20. The Kier molecular flexibility index (Phi) is 6.03. The summed E-state index contributed by atoms with van der Waals surface area (Å²) < 4.78 is 0. The summed E-state index contributed by atoms with van der Waals surface area (Å²) in [4.78, 5) is 10.5. The number of nitrogens with two attached hydrogens (primary N) is 1. The van der Waals surface area contributed by atoms with Crippen molar-refractivity contribution in [3.05, 3.63) is 30.1 Å². The molecule has 0 bridgehead atoms. The zero-order valence-corrected chi connectivity index (χ0v) is 10.6. The Bertz CT molecular complexity index is 336. The quantitative estimate of drug-likeness (QED) is 0.264. The maximum absolute atomic E-state index is 5.47. The van der Waals surface area contributed by atoms with Gasteiger partial charge in [-0.3, -0.25) is 15.4 Å². The molecule has 0 saturated heterocycles. The lowest BCUT2D eigenvalue weighted by Crippen LogP contribution is -2.42. The zero-order valence-electron chi connectivity index (χ0n) is 10.6. The molecule has 0 fully saturated rings. The number of guanidine groups is 1. The lowest BCUT2D eigenvalue weighted by atomic mass is 10.3. The predicted octanol–water partition coefficient (Wildman–Crippen LogP) is 1.13. The molecule has 0 aliphatic heterocycles. The summed E-state index contributed by atoms with van der Waals surface area (Å²) in [7, 11) is 1.96. The number of aliphatic imine (C=N–C) groups is 1. The molecule has 0 aromatic carbocycles. The Morgan fingerprint density at radius 1 is 1.59 bits per heavy atom. The summed E-state index contributed by atoms with van der Waals surface area (Å²) in [6.45, 7) is 3.68. The van der Waals surface area contributed by atoms with Gasteiger partial charge in [-0.15, -0.1) is 0 Å².